The van der Waals surface area contributed by atoms with E-state index in [1.54, 1.807) is 0 Å². The predicted molar refractivity (Wildman–Crippen MR) is 53.7 cm³/mol. The van der Waals surface area contributed by atoms with Crippen molar-refractivity contribution in [1.82, 2.24) is 4.98 Å². The first-order valence-electron chi connectivity index (χ1n) is 4.80. The van der Waals surface area contributed by atoms with Gasteiger partial charge in [-0.1, -0.05) is 6.07 Å². The molecule has 2 rings (SSSR count). The van der Waals surface area contributed by atoms with Crippen LogP contribution >= 0.6 is 0 Å². The van der Waals surface area contributed by atoms with Gasteiger partial charge in [-0.3, -0.25) is 0 Å². The fraction of sp³-hybridized carbons (Fsp3) is 0.455. The maximum atomic E-state index is 5.50. The minimum absolute atomic E-state index is 0.577. The molecular weight excluding hydrogens is 160 g/mol. The molecule has 0 aromatic carbocycles. The summed E-state index contributed by atoms with van der Waals surface area (Å²) in [7, 11) is 0. The molecule has 0 bridgehead atoms. The Kier molecular flexibility index (Phi) is 2.48. The van der Waals surface area contributed by atoms with Crippen molar-refractivity contribution in [3.05, 3.63) is 30.8 Å². The Morgan fingerprint density at radius 2 is 2.08 bits per heavy atom. The first-order chi connectivity index (χ1) is 6.40. The summed E-state index contributed by atoms with van der Waals surface area (Å²) in [6, 6.07) is 4.12. The van der Waals surface area contributed by atoms with Crippen LogP contribution in [-0.2, 0) is 6.42 Å². The summed E-state index contributed by atoms with van der Waals surface area (Å²) < 4.78 is 0. The van der Waals surface area contributed by atoms with Gasteiger partial charge in [-0.2, -0.15) is 0 Å². The van der Waals surface area contributed by atoms with E-state index in [1.165, 1.54) is 12.8 Å². The second-order valence-corrected chi connectivity index (χ2v) is 3.42. The van der Waals surface area contributed by atoms with Crippen LogP contribution in [0, 0.1) is 6.92 Å². The van der Waals surface area contributed by atoms with Gasteiger partial charge in [-0.25, -0.2) is 4.98 Å². The highest BCUT2D eigenvalue weighted by atomic mass is 15.2. The highest BCUT2D eigenvalue weighted by Gasteiger charge is 2.12. The number of rotatable bonds is 2. The predicted octanol–water partition coefficient (Wildman–Crippen LogP) is 1.94. The second kappa shape index (κ2) is 3.77. The quantitative estimate of drug-likeness (QED) is 0.681. The van der Waals surface area contributed by atoms with E-state index in [1.807, 2.05) is 6.20 Å². The van der Waals surface area contributed by atoms with Crippen LogP contribution in [0.2, 0.25) is 0 Å². The first kappa shape index (κ1) is 8.54. The normalized spacial score (nSPS) is 16.5. The Morgan fingerprint density at radius 1 is 1.31 bits per heavy atom. The first-order valence-corrected chi connectivity index (χ1v) is 4.80. The molecule has 0 unspecified atom stereocenters. The summed E-state index contributed by atoms with van der Waals surface area (Å²) in [5.41, 5.74) is 1.10. The van der Waals surface area contributed by atoms with Gasteiger partial charge in [0.05, 0.1) is 0 Å². The lowest BCUT2D eigenvalue weighted by Crippen LogP contribution is -2.18. The number of hydrogen-bond acceptors (Lipinski definition) is 2. The zero-order valence-corrected chi connectivity index (χ0v) is 7.74. The molecule has 1 aliphatic heterocycles. The van der Waals surface area contributed by atoms with Crippen molar-refractivity contribution in [3.8, 4) is 0 Å². The monoisotopic (exact) mass is 174 g/mol. The van der Waals surface area contributed by atoms with Gasteiger partial charge in [0.1, 0.15) is 5.82 Å². The average molecular weight is 174 g/mol. The Morgan fingerprint density at radius 3 is 2.62 bits per heavy atom. The van der Waals surface area contributed by atoms with E-state index >= 15 is 0 Å². The molecule has 0 N–H and O–H groups in total. The number of hydrogen-bond donors (Lipinski definition) is 0. The molecule has 2 radical (unpaired) electrons. The molecular formula is C11H14N2. The van der Waals surface area contributed by atoms with Crippen molar-refractivity contribution in [2.45, 2.75) is 19.3 Å². The summed E-state index contributed by atoms with van der Waals surface area (Å²) in [5.74, 6) is 1.09. The van der Waals surface area contributed by atoms with E-state index in [-0.39, 0.29) is 0 Å². The molecule has 2 heterocycles. The van der Waals surface area contributed by atoms with Gasteiger partial charge in [0.25, 0.3) is 0 Å². The molecule has 1 aliphatic rings. The van der Waals surface area contributed by atoms with E-state index < -0.39 is 0 Å². The molecule has 0 aliphatic carbocycles. The zero-order chi connectivity index (χ0) is 9.10. The molecule has 13 heavy (non-hydrogen) atoms. The van der Waals surface area contributed by atoms with Gasteiger partial charge >= 0.3 is 0 Å². The van der Waals surface area contributed by atoms with Gasteiger partial charge in [0, 0.05) is 19.3 Å². The van der Waals surface area contributed by atoms with Crippen molar-refractivity contribution in [1.29, 1.82) is 0 Å². The Hall–Kier alpha value is -1.05. The van der Waals surface area contributed by atoms with E-state index in [0.717, 1.165) is 24.5 Å². The summed E-state index contributed by atoms with van der Waals surface area (Å²) in [6.07, 6.45) is 5.03. The molecule has 0 saturated carbocycles. The minimum Gasteiger partial charge on any atom is -0.357 e. The lowest BCUT2D eigenvalue weighted by Gasteiger charge is -2.15. The maximum Gasteiger partial charge on any atom is 0.128 e. The van der Waals surface area contributed by atoms with Crippen molar-refractivity contribution >= 4 is 5.82 Å². The second-order valence-electron chi connectivity index (χ2n) is 3.42. The van der Waals surface area contributed by atoms with Crippen LogP contribution in [0.25, 0.3) is 0 Å². The fourth-order valence-electron chi connectivity index (χ4n) is 1.67. The SMILES string of the molecule is [CH]Cc1ccc(N2CCCC2)nc1. The molecule has 0 spiro atoms. The summed E-state index contributed by atoms with van der Waals surface area (Å²) in [4.78, 5) is 6.70. The lowest BCUT2D eigenvalue weighted by molar-refractivity contribution is 0.934. The van der Waals surface area contributed by atoms with E-state index in [2.05, 4.69) is 22.0 Å². The molecule has 0 amide bonds. The van der Waals surface area contributed by atoms with Gasteiger partial charge < -0.3 is 4.90 Å². The molecule has 1 saturated heterocycles. The highest BCUT2D eigenvalue weighted by Crippen LogP contribution is 2.17. The van der Waals surface area contributed by atoms with Crippen LogP contribution in [0.4, 0.5) is 5.82 Å². The minimum atomic E-state index is 0.577. The molecule has 68 valence electrons. The Bertz CT molecular complexity index is 260. The number of pyridine rings is 1. The van der Waals surface area contributed by atoms with E-state index in [0.29, 0.717) is 6.42 Å². The molecule has 2 heteroatoms. The van der Waals surface area contributed by atoms with Crippen molar-refractivity contribution in [2.24, 2.45) is 0 Å². The zero-order valence-electron chi connectivity index (χ0n) is 7.74. The highest BCUT2D eigenvalue weighted by molar-refractivity contribution is 5.40. The number of aromatic nitrogens is 1. The van der Waals surface area contributed by atoms with Crippen LogP contribution in [0.5, 0.6) is 0 Å². The van der Waals surface area contributed by atoms with Gasteiger partial charge in [0.2, 0.25) is 0 Å². The Balaban J connectivity index is 2.12. The van der Waals surface area contributed by atoms with E-state index in [4.69, 9.17) is 6.92 Å². The summed E-state index contributed by atoms with van der Waals surface area (Å²) >= 11 is 0. The fourth-order valence-corrected chi connectivity index (χ4v) is 1.67. The van der Waals surface area contributed by atoms with Crippen LogP contribution in [-0.4, -0.2) is 18.1 Å². The number of anilines is 1. The lowest BCUT2D eigenvalue weighted by atomic mass is 10.2. The largest absolute Gasteiger partial charge is 0.357 e. The number of nitrogens with zero attached hydrogens (tertiary/aromatic N) is 2. The molecule has 1 aromatic heterocycles. The third-order valence-corrected chi connectivity index (χ3v) is 2.47. The Labute approximate surface area is 79.6 Å². The average Bonchev–Trinajstić information content (AvgIpc) is 2.71. The van der Waals surface area contributed by atoms with E-state index in [9.17, 15) is 0 Å². The molecule has 1 aromatic rings. The molecule has 1 fully saturated rings. The third kappa shape index (κ3) is 1.82. The van der Waals surface area contributed by atoms with Crippen LogP contribution in [0.1, 0.15) is 18.4 Å². The van der Waals surface area contributed by atoms with Crippen molar-refractivity contribution in [3.63, 3.8) is 0 Å². The van der Waals surface area contributed by atoms with Crippen LogP contribution in [0.3, 0.4) is 0 Å². The third-order valence-electron chi connectivity index (χ3n) is 2.47. The maximum absolute atomic E-state index is 5.50. The van der Waals surface area contributed by atoms with Gasteiger partial charge in [0.15, 0.2) is 0 Å². The van der Waals surface area contributed by atoms with Crippen molar-refractivity contribution < 1.29 is 0 Å². The molecule has 0 atom stereocenters. The summed E-state index contributed by atoms with van der Waals surface area (Å²) in [6.45, 7) is 7.80. The standard InChI is InChI=1S/C11H14N2/c1-2-10-5-6-11(12-9-10)13-7-3-4-8-13/h1,5-6,9H,2-4,7-8H2. The van der Waals surface area contributed by atoms with Crippen molar-refractivity contribution in [2.75, 3.05) is 18.0 Å². The van der Waals surface area contributed by atoms with Crippen LogP contribution in [0.15, 0.2) is 18.3 Å². The van der Waals surface area contributed by atoms with Gasteiger partial charge in [-0.15, -0.1) is 0 Å². The molecule has 2 nitrogen and oxygen atoms in total. The topological polar surface area (TPSA) is 16.1 Å². The summed E-state index contributed by atoms with van der Waals surface area (Å²) in [5, 5.41) is 0. The van der Waals surface area contributed by atoms with Crippen LogP contribution < -0.4 is 4.90 Å². The smallest absolute Gasteiger partial charge is 0.128 e. The van der Waals surface area contributed by atoms with Gasteiger partial charge in [-0.05, 0) is 37.8 Å².